The van der Waals surface area contributed by atoms with Gasteiger partial charge in [0.1, 0.15) is 6.42 Å². The Morgan fingerprint density at radius 3 is 3.00 bits per heavy atom. The SMILES string of the molecule is Cc1c(Cl)cccc1NC(=O)Cc1nnc(-c2ccsc2)o1. The number of amides is 1. The zero-order chi connectivity index (χ0) is 15.5. The predicted octanol–water partition coefficient (Wildman–Crippen LogP) is 3.94. The molecule has 3 aromatic rings. The van der Waals surface area contributed by atoms with Gasteiger partial charge < -0.3 is 9.73 Å². The number of nitrogens with zero attached hydrogens (tertiary/aromatic N) is 2. The van der Waals surface area contributed by atoms with E-state index < -0.39 is 0 Å². The maximum atomic E-state index is 12.1. The van der Waals surface area contributed by atoms with Crippen molar-refractivity contribution in [2.45, 2.75) is 13.3 Å². The van der Waals surface area contributed by atoms with E-state index in [1.54, 1.807) is 29.5 Å². The summed E-state index contributed by atoms with van der Waals surface area (Å²) in [5.41, 5.74) is 2.35. The van der Waals surface area contributed by atoms with Crippen molar-refractivity contribution in [3.05, 3.63) is 51.5 Å². The normalized spacial score (nSPS) is 10.6. The van der Waals surface area contributed by atoms with E-state index in [2.05, 4.69) is 15.5 Å². The minimum Gasteiger partial charge on any atom is -0.420 e. The van der Waals surface area contributed by atoms with Gasteiger partial charge in [0.15, 0.2) is 0 Å². The molecule has 0 bridgehead atoms. The molecule has 22 heavy (non-hydrogen) atoms. The third-order valence-corrected chi connectivity index (χ3v) is 4.18. The summed E-state index contributed by atoms with van der Waals surface area (Å²) in [7, 11) is 0. The highest BCUT2D eigenvalue weighted by atomic mass is 35.5. The maximum absolute atomic E-state index is 12.1. The largest absolute Gasteiger partial charge is 0.420 e. The summed E-state index contributed by atoms with van der Waals surface area (Å²) in [6.07, 6.45) is 0.0170. The van der Waals surface area contributed by atoms with Gasteiger partial charge in [0.25, 0.3) is 0 Å². The van der Waals surface area contributed by atoms with Crippen LogP contribution in [-0.2, 0) is 11.2 Å². The third-order valence-electron chi connectivity index (χ3n) is 3.09. The van der Waals surface area contributed by atoms with Crippen molar-refractivity contribution in [1.29, 1.82) is 0 Å². The van der Waals surface area contributed by atoms with Gasteiger partial charge in [-0.3, -0.25) is 4.79 Å². The summed E-state index contributed by atoms with van der Waals surface area (Å²) in [5.74, 6) is 0.465. The lowest BCUT2D eigenvalue weighted by Gasteiger charge is -2.08. The highest BCUT2D eigenvalue weighted by molar-refractivity contribution is 7.08. The van der Waals surface area contributed by atoms with E-state index in [1.807, 2.05) is 23.8 Å². The summed E-state index contributed by atoms with van der Waals surface area (Å²) in [6, 6.07) is 7.24. The highest BCUT2D eigenvalue weighted by Gasteiger charge is 2.13. The van der Waals surface area contributed by atoms with Gasteiger partial charge in [-0.05, 0) is 36.1 Å². The molecule has 0 radical (unpaired) electrons. The predicted molar refractivity (Wildman–Crippen MR) is 86.1 cm³/mol. The van der Waals surface area contributed by atoms with Crippen molar-refractivity contribution < 1.29 is 9.21 Å². The molecule has 2 heterocycles. The average molecular weight is 334 g/mol. The maximum Gasteiger partial charge on any atom is 0.248 e. The van der Waals surface area contributed by atoms with E-state index in [4.69, 9.17) is 16.0 Å². The van der Waals surface area contributed by atoms with Crippen LogP contribution in [0.1, 0.15) is 11.5 Å². The van der Waals surface area contributed by atoms with E-state index in [1.165, 1.54) is 0 Å². The number of anilines is 1. The molecular weight excluding hydrogens is 322 g/mol. The fraction of sp³-hybridized carbons (Fsp3) is 0.133. The lowest BCUT2D eigenvalue weighted by molar-refractivity contribution is -0.115. The second kappa shape index (κ2) is 6.29. The van der Waals surface area contributed by atoms with Gasteiger partial charge in [0.05, 0.1) is 0 Å². The molecule has 0 aliphatic carbocycles. The van der Waals surface area contributed by atoms with Gasteiger partial charge in [0.2, 0.25) is 17.7 Å². The van der Waals surface area contributed by atoms with E-state index in [0.717, 1.165) is 11.1 Å². The number of nitrogens with one attached hydrogen (secondary N) is 1. The van der Waals surface area contributed by atoms with Crippen molar-refractivity contribution in [3.63, 3.8) is 0 Å². The summed E-state index contributed by atoms with van der Waals surface area (Å²) in [6.45, 7) is 1.85. The zero-order valence-corrected chi connectivity index (χ0v) is 13.2. The topological polar surface area (TPSA) is 68.0 Å². The summed E-state index contributed by atoms with van der Waals surface area (Å²) in [5, 5.41) is 15.1. The minimum atomic E-state index is -0.231. The van der Waals surface area contributed by atoms with Crippen LogP contribution in [0.3, 0.4) is 0 Å². The van der Waals surface area contributed by atoms with Crippen molar-refractivity contribution in [3.8, 4) is 11.5 Å². The van der Waals surface area contributed by atoms with Crippen LogP contribution in [0, 0.1) is 6.92 Å². The molecule has 0 spiro atoms. The molecule has 1 N–H and O–H groups in total. The van der Waals surface area contributed by atoms with E-state index in [0.29, 0.717) is 16.6 Å². The molecule has 7 heteroatoms. The Bertz CT molecular complexity index is 799. The zero-order valence-electron chi connectivity index (χ0n) is 11.7. The fourth-order valence-electron chi connectivity index (χ4n) is 1.90. The Labute approximate surface area is 135 Å². The minimum absolute atomic E-state index is 0.0170. The van der Waals surface area contributed by atoms with E-state index in [-0.39, 0.29) is 18.2 Å². The molecule has 5 nitrogen and oxygen atoms in total. The first kappa shape index (κ1) is 14.7. The smallest absolute Gasteiger partial charge is 0.248 e. The van der Waals surface area contributed by atoms with Crippen LogP contribution in [0.4, 0.5) is 5.69 Å². The lowest BCUT2D eigenvalue weighted by Crippen LogP contribution is -2.15. The number of hydrogen-bond donors (Lipinski definition) is 1. The third kappa shape index (κ3) is 3.18. The number of aromatic nitrogens is 2. The number of hydrogen-bond acceptors (Lipinski definition) is 5. The molecule has 1 aromatic carbocycles. The van der Waals surface area contributed by atoms with Gasteiger partial charge in [0, 0.05) is 21.7 Å². The standard InChI is InChI=1S/C15H12ClN3O2S/c1-9-11(16)3-2-4-12(9)17-13(20)7-14-18-19-15(21-14)10-5-6-22-8-10/h2-6,8H,7H2,1H3,(H,17,20). The second-order valence-corrected chi connectivity index (χ2v) is 5.84. The van der Waals surface area contributed by atoms with Crippen LogP contribution >= 0.6 is 22.9 Å². The van der Waals surface area contributed by atoms with Crippen LogP contribution in [0.5, 0.6) is 0 Å². The van der Waals surface area contributed by atoms with Crippen LogP contribution in [-0.4, -0.2) is 16.1 Å². The first-order chi connectivity index (χ1) is 10.6. The molecule has 2 aromatic heterocycles. The van der Waals surface area contributed by atoms with Crippen LogP contribution < -0.4 is 5.32 Å². The second-order valence-electron chi connectivity index (χ2n) is 4.65. The summed E-state index contributed by atoms with van der Waals surface area (Å²) < 4.78 is 5.49. The van der Waals surface area contributed by atoms with Gasteiger partial charge in [-0.15, -0.1) is 10.2 Å². The van der Waals surface area contributed by atoms with E-state index >= 15 is 0 Å². The highest BCUT2D eigenvalue weighted by Crippen LogP contribution is 2.23. The first-order valence-corrected chi connectivity index (χ1v) is 7.85. The fourth-order valence-corrected chi connectivity index (χ4v) is 2.71. The van der Waals surface area contributed by atoms with Gasteiger partial charge in [-0.2, -0.15) is 11.3 Å². The van der Waals surface area contributed by atoms with Crippen LogP contribution in [0.2, 0.25) is 5.02 Å². The van der Waals surface area contributed by atoms with Gasteiger partial charge in [-0.1, -0.05) is 17.7 Å². The molecule has 0 saturated carbocycles. The average Bonchev–Trinajstić information content (AvgIpc) is 3.14. The number of rotatable bonds is 4. The molecule has 0 unspecified atom stereocenters. The van der Waals surface area contributed by atoms with Crippen molar-refractivity contribution in [1.82, 2.24) is 10.2 Å². The number of benzene rings is 1. The molecule has 3 rings (SSSR count). The van der Waals surface area contributed by atoms with Crippen molar-refractivity contribution in [2.75, 3.05) is 5.32 Å². The Balaban J connectivity index is 1.68. The molecule has 112 valence electrons. The number of carbonyl (C=O) groups excluding carboxylic acids is 1. The van der Waals surface area contributed by atoms with Crippen LogP contribution in [0.15, 0.2) is 39.4 Å². The molecule has 1 amide bonds. The Morgan fingerprint density at radius 2 is 2.23 bits per heavy atom. The van der Waals surface area contributed by atoms with Gasteiger partial charge >= 0.3 is 0 Å². The molecular formula is C15H12ClN3O2S. The Hall–Kier alpha value is -2.18. The van der Waals surface area contributed by atoms with Crippen molar-refractivity contribution in [2.24, 2.45) is 0 Å². The summed E-state index contributed by atoms with van der Waals surface area (Å²) >= 11 is 7.57. The molecule has 0 aliphatic heterocycles. The van der Waals surface area contributed by atoms with E-state index in [9.17, 15) is 4.79 Å². The van der Waals surface area contributed by atoms with Gasteiger partial charge in [-0.25, -0.2) is 0 Å². The number of carbonyl (C=O) groups is 1. The quantitative estimate of drug-likeness (QED) is 0.785. The first-order valence-electron chi connectivity index (χ1n) is 6.53. The molecule has 0 fully saturated rings. The van der Waals surface area contributed by atoms with Crippen molar-refractivity contribution >= 4 is 34.5 Å². The Kier molecular flexibility index (Phi) is 4.22. The van der Waals surface area contributed by atoms with Crippen LogP contribution in [0.25, 0.3) is 11.5 Å². The monoisotopic (exact) mass is 333 g/mol. The molecule has 0 saturated heterocycles. The number of halogens is 1. The Morgan fingerprint density at radius 1 is 1.36 bits per heavy atom. The summed E-state index contributed by atoms with van der Waals surface area (Å²) in [4.78, 5) is 12.1. The molecule has 0 aliphatic rings. The lowest BCUT2D eigenvalue weighted by atomic mass is 10.2. The number of thiophene rings is 1. The molecule has 0 atom stereocenters.